The fourth-order valence-corrected chi connectivity index (χ4v) is 4.07. The van der Waals surface area contributed by atoms with Crippen molar-refractivity contribution in [3.63, 3.8) is 0 Å². The number of benzene rings is 3. The van der Waals surface area contributed by atoms with Gasteiger partial charge in [0, 0.05) is 5.56 Å². The van der Waals surface area contributed by atoms with Crippen molar-refractivity contribution in [2.75, 3.05) is 5.73 Å². The Bertz CT molecular complexity index is 1210. The zero-order valence-electron chi connectivity index (χ0n) is 13.7. The van der Waals surface area contributed by atoms with Crippen LogP contribution in [0.3, 0.4) is 0 Å². The van der Waals surface area contributed by atoms with Crippen LogP contribution in [0.1, 0.15) is 0 Å². The summed E-state index contributed by atoms with van der Waals surface area (Å²) in [5.74, 6) is 0.326. The van der Waals surface area contributed by atoms with E-state index in [1.165, 1.54) is 6.20 Å². The predicted molar refractivity (Wildman–Crippen MR) is 101 cm³/mol. The summed E-state index contributed by atoms with van der Waals surface area (Å²) < 4.78 is 26.0. The Balaban J connectivity index is 1.80. The summed E-state index contributed by atoms with van der Waals surface area (Å²) >= 11 is 0. The number of aromatic nitrogens is 2. The Hall–Kier alpha value is -3.25. The SMILES string of the molecule is Nc1nc(-c2ccccc2)ncc1S(=O)(=O)c1ccc2ccccc2c1. The molecule has 0 fully saturated rings. The summed E-state index contributed by atoms with van der Waals surface area (Å²) in [6, 6.07) is 21.8. The van der Waals surface area contributed by atoms with E-state index in [9.17, 15) is 8.42 Å². The first-order valence-electron chi connectivity index (χ1n) is 7.97. The first-order chi connectivity index (χ1) is 12.6. The lowest BCUT2D eigenvalue weighted by Crippen LogP contribution is -2.09. The highest BCUT2D eigenvalue weighted by Crippen LogP contribution is 2.28. The second-order valence-electron chi connectivity index (χ2n) is 5.82. The molecule has 0 unspecified atom stereocenters. The minimum atomic E-state index is -3.81. The lowest BCUT2D eigenvalue weighted by molar-refractivity contribution is 0.596. The van der Waals surface area contributed by atoms with E-state index in [-0.39, 0.29) is 15.6 Å². The third kappa shape index (κ3) is 2.80. The molecule has 1 heterocycles. The molecule has 0 amide bonds. The van der Waals surface area contributed by atoms with Crippen LogP contribution in [0.15, 0.2) is 88.8 Å². The lowest BCUT2D eigenvalue weighted by Gasteiger charge is -2.09. The largest absolute Gasteiger partial charge is 0.382 e. The summed E-state index contributed by atoms with van der Waals surface area (Å²) in [6.07, 6.45) is 1.27. The highest BCUT2D eigenvalue weighted by molar-refractivity contribution is 7.91. The Kier molecular flexibility index (Phi) is 3.89. The molecule has 0 bridgehead atoms. The molecule has 2 N–H and O–H groups in total. The van der Waals surface area contributed by atoms with Gasteiger partial charge in [0.05, 0.1) is 11.1 Å². The van der Waals surface area contributed by atoms with Crippen LogP contribution in [0, 0.1) is 0 Å². The molecular weight excluding hydrogens is 346 g/mol. The summed E-state index contributed by atoms with van der Waals surface area (Å²) in [6.45, 7) is 0. The number of hydrogen-bond donors (Lipinski definition) is 1. The van der Waals surface area contributed by atoms with Crippen molar-refractivity contribution >= 4 is 26.4 Å². The molecule has 0 radical (unpaired) electrons. The van der Waals surface area contributed by atoms with Crippen LogP contribution < -0.4 is 5.73 Å². The van der Waals surface area contributed by atoms with E-state index in [1.807, 2.05) is 54.6 Å². The molecule has 0 saturated heterocycles. The molecule has 5 nitrogen and oxygen atoms in total. The van der Waals surface area contributed by atoms with E-state index in [0.717, 1.165) is 16.3 Å². The number of nitrogens with two attached hydrogens (primary N) is 1. The summed E-state index contributed by atoms with van der Waals surface area (Å²) in [7, 11) is -3.81. The van der Waals surface area contributed by atoms with Gasteiger partial charge < -0.3 is 5.73 Å². The van der Waals surface area contributed by atoms with Gasteiger partial charge in [0.1, 0.15) is 10.7 Å². The molecule has 4 aromatic rings. The molecule has 1 aromatic heterocycles. The molecule has 3 aromatic carbocycles. The number of rotatable bonds is 3. The topological polar surface area (TPSA) is 85.9 Å². The van der Waals surface area contributed by atoms with Crippen molar-refractivity contribution in [3.8, 4) is 11.4 Å². The molecular formula is C20H15N3O2S. The molecule has 0 atom stereocenters. The van der Waals surface area contributed by atoms with Crippen LogP contribution in [-0.2, 0) is 9.84 Å². The fourth-order valence-electron chi connectivity index (χ4n) is 2.78. The average Bonchev–Trinajstić information content (AvgIpc) is 2.68. The van der Waals surface area contributed by atoms with Crippen molar-refractivity contribution < 1.29 is 8.42 Å². The minimum absolute atomic E-state index is 0.0630. The molecule has 26 heavy (non-hydrogen) atoms. The first kappa shape index (κ1) is 16.2. The Labute approximate surface area is 151 Å². The smallest absolute Gasteiger partial charge is 0.211 e. The molecule has 0 aliphatic carbocycles. The van der Waals surface area contributed by atoms with E-state index in [0.29, 0.717) is 5.82 Å². The Morgan fingerprint density at radius 2 is 1.50 bits per heavy atom. The zero-order valence-corrected chi connectivity index (χ0v) is 14.5. The van der Waals surface area contributed by atoms with Gasteiger partial charge in [-0.05, 0) is 22.9 Å². The number of sulfone groups is 1. The van der Waals surface area contributed by atoms with Crippen molar-refractivity contribution in [3.05, 3.63) is 79.0 Å². The Morgan fingerprint density at radius 3 is 2.23 bits per heavy atom. The zero-order chi connectivity index (χ0) is 18.1. The summed E-state index contributed by atoms with van der Waals surface area (Å²) in [4.78, 5) is 8.45. The normalized spacial score (nSPS) is 11.5. The van der Waals surface area contributed by atoms with Crippen molar-refractivity contribution in [2.24, 2.45) is 0 Å². The maximum absolute atomic E-state index is 13.0. The van der Waals surface area contributed by atoms with E-state index >= 15 is 0 Å². The number of nitrogen functional groups attached to an aromatic ring is 1. The number of nitrogens with zero attached hydrogens (tertiary/aromatic N) is 2. The quantitative estimate of drug-likeness (QED) is 0.601. The van der Waals surface area contributed by atoms with Gasteiger partial charge in [0.15, 0.2) is 5.82 Å². The van der Waals surface area contributed by atoms with Gasteiger partial charge in [0.25, 0.3) is 0 Å². The van der Waals surface area contributed by atoms with Gasteiger partial charge >= 0.3 is 0 Å². The third-order valence-electron chi connectivity index (χ3n) is 4.14. The number of fused-ring (bicyclic) bond motifs is 1. The van der Waals surface area contributed by atoms with Gasteiger partial charge in [-0.25, -0.2) is 18.4 Å². The summed E-state index contributed by atoms with van der Waals surface area (Å²) in [5, 5.41) is 1.81. The molecule has 4 rings (SSSR count). The molecule has 0 saturated carbocycles. The lowest BCUT2D eigenvalue weighted by atomic mass is 10.1. The monoisotopic (exact) mass is 361 g/mol. The van der Waals surface area contributed by atoms with E-state index < -0.39 is 9.84 Å². The van der Waals surface area contributed by atoms with Crippen molar-refractivity contribution in [1.29, 1.82) is 0 Å². The van der Waals surface area contributed by atoms with Gasteiger partial charge in [-0.1, -0.05) is 60.7 Å². The van der Waals surface area contributed by atoms with Crippen LogP contribution in [-0.4, -0.2) is 18.4 Å². The van der Waals surface area contributed by atoms with Crippen LogP contribution in [0.4, 0.5) is 5.82 Å². The first-order valence-corrected chi connectivity index (χ1v) is 9.46. The van der Waals surface area contributed by atoms with Gasteiger partial charge in [0.2, 0.25) is 9.84 Å². The van der Waals surface area contributed by atoms with E-state index in [4.69, 9.17) is 5.73 Å². The van der Waals surface area contributed by atoms with Crippen LogP contribution in [0.5, 0.6) is 0 Å². The standard InChI is InChI=1S/C20H15N3O2S/c21-19-18(13-22-20(23-19)15-7-2-1-3-8-15)26(24,25)17-11-10-14-6-4-5-9-16(14)12-17/h1-13H,(H2,21,22,23). The van der Waals surface area contributed by atoms with Gasteiger partial charge in [-0.15, -0.1) is 0 Å². The second kappa shape index (κ2) is 6.24. The summed E-state index contributed by atoms with van der Waals surface area (Å²) in [5.41, 5.74) is 6.74. The average molecular weight is 361 g/mol. The number of hydrogen-bond acceptors (Lipinski definition) is 5. The van der Waals surface area contributed by atoms with Gasteiger partial charge in [-0.3, -0.25) is 0 Å². The van der Waals surface area contributed by atoms with Gasteiger partial charge in [-0.2, -0.15) is 0 Å². The fraction of sp³-hybridized carbons (Fsp3) is 0. The molecule has 0 spiro atoms. The predicted octanol–water partition coefficient (Wildman–Crippen LogP) is 3.71. The molecule has 0 aliphatic heterocycles. The van der Waals surface area contributed by atoms with Crippen LogP contribution in [0.25, 0.3) is 22.2 Å². The third-order valence-corrected chi connectivity index (χ3v) is 5.90. The Morgan fingerprint density at radius 1 is 0.808 bits per heavy atom. The van der Waals surface area contributed by atoms with E-state index in [2.05, 4.69) is 9.97 Å². The van der Waals surface area contributed by atoms with Crippen LogP contribution in [0.2, 0.25) is 0 Å². The molecule has 0 aliphatic rings. The van der Waals surface area contributed by atoms with Crippen molar-refractivity contribution in [2.45, 2.75) is 9.79 Å². The molecule has 6 heteroatoms. The van der Waals surface area contributed by atoms with Crippen molar-refractivity contribution in [1.82, 2.24) is 9.97 Å². The number of anilines is 1. The molecule has 128 valence electrons. The second-order valence-corrected chi connectivity index (χ2v) is 7.74. The highest BCUT2D eigenvalue weighted by Gasteiger charge is 2.23. The van der Waals surface area contributed by atoms with Crippen LogP contribution >= 0.6 is 0 Å². The maximum Gasteiger partial charge on any atom is 0.211 e. The minimum Gasteiger partial charge on any atom is -0.382 e. The van der Waals surface area contributed by atoms with E-state index in [1.54, 1.807) is 18.2 Å². The maximum atomic E-state index is 13.0. The highest BCUT2D eigenvalue weighted by atomic mass is 32.2.